The number of hydrogen-bond acceptors (Lipinski definition) is 8. The topological polar surface area (TPSA) is 108 Å². The average Bonchev–Trinajstić information content (AvgIpc) is 3.45. The molecule has 1 saturated heterocycles. The minimum absolute atomic E-state index is 0.103. The number of ether oxygens (including phenoxy) is 4. The van der Waals surface area contributed by atoms with Gasteiger partial charge in [-0.05, 0) is 90.5 Å². The van der Waals surface area contributed by atoms with Crippen LogP contribution in [-0.4, -0.2) is 56.6 Å². The summed E-state index contributed by atoms with van der Waals surface area (Å²) in [7, 11) is 0. The number of halogens is 1. The molecule has 1 N–H and O–H groups in total. The van der Waals surface area contributed by atoms with Gasteiger partial charge in [-0.2, -0.15) is 9.61 Å². The van der Waals surface area contributed by atoms with Gasteiger partial charge < -0.3 is 29.0 Å². The number of rotatable bonds is 4. The van der Waals surface area contributed by atoms with Crippen molar-refractivity contribution in [3.8, 4) is 5.75 Å². The Hall–Kier alpha value is -4.06. The number of carbonyl (C=O) groups is 1. The third kappa shape index (κ3) is 8.22. The fourth-order valence-electron chi connectivity index (χ4n) is 6.67. The van der Waals surface area contributed by atoms with Crippen LogP contribution in [0.4, 0.5) is 10.2 Å². The van der Waals surface area contributed by atoms with Gasteiger partial charge in [-0.15, -0.1) is 0 Å². The Morgan fingerprint density at radius 3 is 2.55 bits per heavy atom. The quantitative estimate of drug-likeness (QED) is 0.235. The lowest BCUT2D eigenvalue weighted by Gasteiger charge is -2.41. The van der Waals surface area contributed by atoms with Gasteiger partial charge in [-0.1, -0.05) is 30.3 Å². The number of benzene rings is 2. The Morgan fingerprint density at radius 2 is 1.84 bits per heavy atom. The molecule has 1 unspecified atom stereocenters. The summed E-state index contributed by atoms with van der Waals surface area (Å²) in [5.74, 6) is -0.252. The number of carboxylic acid groups (broad SMARTS) is 1. The smallest absolute Gasteiger partial charge is 0.337 e. The molecule has 11 heteroatoms. The molecule has 1 fully saturated rings. The summed E-state index contributed by atoms with van der Waals surface area (Å²) in [6.45, 7) is 11.6. The minimum atomic E-state index is -1.25. The predicted octanol–water partition coefficient (Wildman–Crippen LogP) is 7.51. The molecule has 4 aromatic rings. The normalized spacial score (nSPS) is 21.7. The number of anilines is 1. The molecule has 2 aromatic heterocycles. The molecular formula is C38H47FN4O6. The van der Waals surface area contributed by atoms with Gasteiger partial charge in [-0.3, -0.25) is 0 Å². The third-order valence-corrected chi connectivity index (χ3v) is 9.22. The average molecular weight is 675 g/mol. The molecule has 0 aliphatic carbocycles. The lowest BCUT2D eigenvalue weighted by atomic mass is 9.92. The Bertz CT molecular complexity index is 1760. The molecule has 262 valence electrons. The highest BCUT2D eigenvalue weighted by molar-refractivity contribution is 5.78. The van der Waals surface area contributed by atoms with Crippen LogP contribution < -0.4 is 9.64 Å². The number of aromatic nitrogens is 3. The van der Waals surface area contributed by atoms with Crippen LogP contribution in [0.5, 0.6) is 5.75 Å². The molecule has 0 amide bonds. The third-order valence-electron chi connectivity index (χ3n) is 9.22. The molecule has 3 aliphatic rings. The molecule has 10 nitrogen and oxygen atoms in total. The Kier molecular flexibility index (Phi) is 10.2. The first-order chi connectivity index (χ1) is 23.4. The van der Waals surface area contributed by atoms with Crippen LogP contribution in [-0.2, 0) is 32.2 Å². The van der Waals surface area contributed by atoms with E-state index in [1.165, 1.54) is 12.1 Å². The highest BCUT2D eigenvalue weighted by atomic mass is 19.1. The monoisotopic (exact) mass is 674 g/mol. The second-order valence-corrected chi connectivity index (χ2v) is 14.3. The first-order valence-corrected chi connectivity index (χ1v) is 17.2. The van der Waals surface area contributed by atoms with Gasteiger partial charge in [0.25, 0.3) is 0 Å². The van der Waals surface area contributed by atoms with Crippen LogP contribution in [0.3, 0.4) is 0 Å². The van der Waals surface area contributed by atoms with E-state index in [1.54, 1.807) is 10.6 Å². The van der Waals surface area contributed by atoms with Gasteiger partial charge in [0, 0.05) is 37.0 Å². The fraction of sp³-hybridized carbons (Fsp3) is 0.500. The van der Waals surface area contributed by atoms with E-state index in [-0.39, 0.29) is 30.7 Å². The molecule has 7 rings (SSSR count). The maximum Gasteiger partial charge on any atom is 0.337 e. The minimum Gasteiger partial charge on any atom is -0.485 e. The van der Waals surface area contributed by atoms with Crippen molar-refractivity contribution in [3.05, 3.63) is 88.5 Å². The van der Waals surface area contributed by atoms with E-state index >= 15 is 0 Å². The Morgan fingerprint density at radius 1 is 1.08 bits per heavy atom. The van der Waals surface area contributed by atoms with E-state index in [0.717, 1.165) is 37.7 Å². The van der Waals surface area contributed by atoms with Gasteiger partial charge in [0.15, 0.2) is 11.8 Å². The molecule has 0 saturated carbocycles. The van der Waals surface area contributed by atoms with Gasteiger partial charge >= 0.3 is 5.97 Å². The Labute approximate surface area is 287 Å². The second kappa shape index (κ2) is 14.4. The van der Waals surface area contributed by atoms with Gasteiger partial charge in [0.1, 0.15) is 23.5 Å². The van der Waals surface area contributed by atoms with Crippen molar-refractivity contribution in [2.45, 2.75) is 103 Å². The second-order valence-electron chi connectivity index (χ2n) is 14.3. The highest BCUT2D eigenvalue weighted by Gasteiger charge is 2.38. The zero-order valence-corrected chi connectivity index (χ0v) is 29.1. The van der Waals surface area contributed by atoms with Gasteiger partial charge in [-0.25, -0.2) is 14.2 Å². The molecule has 2 aromatic carbocycles. The van der Waals surface area contributed by atoms with Crippen LogP contribution in [0.15, 0.2) is 54.6 Å². The first kappa shape index (κ1) is 34.8. The lowest BCUT2D eigenvalue weighted by Crippen LogP contribution is -2.46. The van der Waals surface area contributed by atoms with Gasteiger partial charge in [0.05, 0.1) is 35.7 Å². The van der Waals surface area contributed by atoms with Crippen LogP contribution in [0, 0.1) is 12.7 Å². The summed E-state index contributed by atoms with van der Waals surface area (Å²) in [5.41, 5.74) is 2.83. The molecule has 2 atom stereocenters. The molecule has 4 bridgehead atoms. The van der Waals surface area contributed by atoms with Gasteiger partial charge in [0.2, 0.25) is 0 Å². The largest absolute Gasteiger partial charge is 0.485 e. The van der Waals surface area contributed by atoms with E-state index in [1.807, 2.05) is 52.0 Å². The highest BCUT2D eigenvalue weighted by Crippen LogP contribution is 2.38. The maximum atomic E-state index is 14.5. The number of piperidine rings is 1. The van der Waals surface area contributed by atoms with Crippen molar-refractivity contribution in [2.75, 3.05) is 24.6 Å². The summed E-state index contributed by atoms with van der Waals surface area (Å²) in [5, 5.41) is 15.3. The fourth-order valence-corrected chi connectivity index (χ4v) is 6.67. The predicted molar refractivity (Wildman–Crippen MR) is 183 cm³/mol. The van der Waals surface area contributed by atoms with E-state index < -0.39 is 17.7 Å². The number of fused-ring (bicyclic) bond motifs is 10. The summed E-state index contributed by atoms with van der Waals surface area (Å²) in [6, 6.07) is 16.4. The molecule has 5 heterocycles. The van der Waals surface area contributed by atoms with Crippen molar-refractivity contribution < 1.29 is 33.2 Å². The number of hydrogen-bond donors (Lipinski definition) is 1. The summed E-state index contributed by atoms with van der Waals surface area (Å²) in [6.07, 6.45) is 2.57. The van der Waals surface area contributed by atoms with Crippen molar-refractivity contribution >= 4 is 17.4 Å². The Balaban J connectivity index is 1.38. The summed E-state index contributed by atoms with van der Waals surface area (Å²) < 4.78 is 41.6. The van der Waals surface area contributed by atoms with E-state index in [0.29, 0.717) is 59.4 Å². The summed E-state index contributed by atoms with van der Waals surface area (Å²) >= 11 is 0. The molecular weight excluding hydrogens is 627 g/mol. The standard InChI is InChI=1S/C38H47FN4O6/c1-25-33(34(36(44)45)49-37(2,3)4)35-42-18-16-38(5,17-19-42)47-20-10-9-13-30(26-11-7-6-8-12-26)48-31-15-14-28(39)21-27(31)23-46-24-29-22-32(40-25)43(35)41-29/h6-8,11-12,14-15,21-22,30,34H,9-10,13,16-20,23-24H2,1-5H3,(H,44,45)/t30?,34-/m0/s1. The maximum absolute atomic E-state index is 14.5. The van der Waals surface area contributed by atoms with Crippen molar-refractivity contribution in [2.24, 2.45) is 0 Å². The summed E-state index contributed by atoms with van der Waals surface area (Å²) in [4.78, 5) is 19.7. The van der Waals surface area contributed by atoms with E-state index in [9.17, 15) is 14.3 Å². The van der Waals surface area contributed by atoms with Crippen LogP contribution in [0.2, 0.25) is 0 Å². The van der Waals surface area contributed by atoms with Crippen LogP contribution >= 0.6 is 0 Å². The van der Waals surface area contributed by atoms with Crippen molar-refractivity contribution in [1.82, 2.24) is 14.6 Å². The van der Waals surface area contributed by atoms with Crippen molar-refractivity contribution in [1.29, 1.82) is 0 Å². The van der Waals surface area contributed by atoms with Crippen LogP contribution in [0.1, 0.15) is 100 Å². The number of carboxylic acids is 1. The lowest BCUT2D eigenvalue weighted by molar-refractivity contribution is -0.160. The molecule has 0 radical (unpaired) electrons. The van der Waals surface area contributed by atoms with E-state index in [2.05, 4.69) is 24.0 Å². The number of nitrogens with zero attached hydrogens (tertiary/aromatic N) is 4. The van der Waals surface area contributed by atoms with Crippen LogP contribution in [0.25, 0.3) is 5.65 Å². The zero-order chi connectivity index (χ0) is 34.8. The molecule has 49 heavy (non-hydrogen) atoms. The van der Waals surface area contributed by atoms with E-state index in [4.69, 9.17) is 29.0 Å². The SMILES string of the molecule is Cc1nc2cc3nn2c(c1[C@H](OC(C)(C)C)C(=O)O)N1CCC(C)(CC1)OCCCCC(c1ccccc1)Oc1ccc(F)cc1COC3. The first-order valence-electron chi connectivity index (χ1n) is 17.2. The molecule has 0 spiro atoms. The van der Waals surface area contributed by atoms with Crippen molar-refractivity contribution in [3.63, 3.8) is 0 Å². The number of aryl methyl sites for hydroxylation is 1. The number of aliphatic carboxylic acids is 1. The molecule has 3 aliphatic heterocycles. The zero-order valence-electron chi connectivity index (χ0n) is 29.1.